The van der Waals surface area contributed by atoms with Gasteiger partial charge in [-0.1, -0.05) is 11.6 Å². The van der Waals surface area contributed by atoms with Gasteiger partial charge in [-0.15, -0.1) is 0 Å². The average Bonchev–Trinajstić information content (AvgIpc) is 2.26. The summed E-state index contributed by atoms with van der Waals surface area (Å²) in [5.41, 5.74) is 0.573. The molecule has 4 nitrogen and oxygen atoms in total. The minimum Gasteiger partial charge on any atom is -0.303 e. The third-order valence-corrected chi connectivity index (χ3v) is 2.24. The first-order valence-electron chi connectivity index (χ1n) is 4.53. The normalized spacial score (nSPS) is 10.7. The Morgan fingerprint density at radius 1 is 1.60 bits per heavy atom. The number of hydroxylamine groups is 2. The number of hydrogen-bond acceptors (Lipinski definition) is 4. The van der Waals surface area contributed by atoms with Crippen molar-refractivity contribution in [2.75, 3.05) is 20.7 Å². The first-order valence-corrected chi connectivity index (χ1v) is 4.91. The Morgan fingerprint density at radius 2 is 2.33 bits per heavy atom. The summed E-state index contributed by atoms with van der Waals surface area (Å²) < 4.78 is 0. The molecule has 82 valence electrons. The van der Waals surface area contributed by atoms with Gasteiger partial charge in [0.15, 0.2) is 5.78 Å². The van der Waals surface area contributed by atoms with Crippen LogP contribution in [0.3, 0.4) is 0 Å². The van der Waals surface area contributed by atoms with Crippen molar-refractivity contribution in [1.29, 1.82) is 0 Å². The molecule has 0 fully saturated rings. The van der Waals surface area contributed by atoms with Gasteiger partial charge < -0.3 is 4.84 Å². The van der Waals surface area contributed by atoms with Crippen LogP contribution in [0.1, 0.15) is 16.8 Å². The molecule has 0 aromatic carbocycles. The highest BCUT2D eigenvalue weighted by atomic mass is 35.5. The topological polar surface area (TPSA) is 42.4 Å². The molecule has 0 radical (unpaired) electrons. The lowest BCUT2D eigenvalue weighted by Gasteiger charge is -2.12. The second kappa shape index (κ2) is 5.80. The van der Waals surface area contributed by atoms with E-state index >= 15 is 0 Å². The van der Waals surface area contributed by atoms with Gasteiger partial charge >= 0.3 is 0 Å². The van der Waals surface area contributed by atoms with E-state index in [0.29, 0.717) is 23.7 Å². The first kappa shape index (κ1) is 12.1. The molecule has 0 bridgehead atoms. The number of nitrogens with zero attached hydrogens (tertiary/aromatic N) is 2. The van der Waals surface area contributed by atoms with E-state index in [1.165, 1.54) is 6.20 Å². The fourth-order valence-corrected chi connectivity index (χ4v) is 1.15. The van der Waals surface area contributed by atoms with Crippen molar-refractivity contribution < 1.29 is 9.63 Å². The number of aromatic nitrogens is 1. The van der Waals surface area contributed by atoms with Crippen molar-refractivity contribution in [3.8, 4) is 0 Å². The molecule has 0 aliphatic heterocycles. The minimum atomic E-state index is 0.0306. The maximum atomic E-state index is 11.6. The van der Waals surface area contributed by atoms with E-state index in [-0.39, 0.29) is 5.78 Å². The third-order valence-electron chi connectivity index (χ3n) is 2.01. The SMILES string of the molecule is CON(C)CCC(=O)c1ccc(Cl)nc1. The largest absolute Gasteiger partial charge is 0.303 e. The second-order valence-electron chi connectivity index (χ2n) is 3.08. The average molecular weight is 229 g/mol. The molecule has 0 spiro atoms. The predicted molar refractivity (Wildman–Crippen MR) is 57.8 cm³/mol. The van der Waals surface area contributed by atoms with E-state index in [9.17, 15) is 4.79 Å². The smallest absolute Gasteiger partial charge is 0.165 e. The van der Waals surface area contributed by atoms with Gasteiger partial charge in [-0.05, 0) is 12.1 Å². The van der Waals surface area contributed by atoms with Crippen molar-refractivity contribution in [2.24, 2.45) is 0 Å². The van der Waals surface area contributed by atoms with Crippen LogP contribution in [0.4, 0.5) is 0 Å². The number of Topliss-reactive ketones (excluding diaryl/α,β-unsaturated/α-hetero) is 1. The number of halogens is 1. The van der Waals surface area contributed by atoms with Gasteiger partial charge in [0, 0.05) is 31.8 Å². The Bertz CT molecular complexity index is 327. The molecule has 0 atom stereocenters. The van der Waals surface area contributed by atoms with E-state index in [1.54, 1.807) is 31.4 Å². The van der Waals surface area contributed by atoms with Crippen LogP contribution in [0.15, 0.2) is 18.3 Å². The van der Waals surface area contributed by atoms with Crippen LogP contribution < -0.4 is 0 Å². The number of carbonyl (C=O) groups excluding carboxylic acids is 1. The molecule has 1 aromatic rings. The van der Waals surface area contributed by atoms with Crippen LogP contribution >= 0.6 is 11.6 Å². The van der Waals surface area contributed by atoms with Gasteiger partial charge in [-0.2, -0.15) is 5.06 Å². The van der Waals surface area contributed by atoms with Gasteiger partial charge in [0.1, 0.15) is 5.15 Å². The summed E-state index contributed by atoms with van der Waals surface area (Å²) in [5.74, 6) is 0.0306. The number of pyridine rings is 1. The van der Waals surface area contributed by atoms with E-state index in [0.717, 1.165) is 0 Å². The fourth-order valence-electron chi connectivity index (χ4n) is 1.04. The Labute approximate surface area is 93.8 Å². The van der Waals surface area contributed by atoms with Crippen molar-refractivity contribution in [3.63, 3.8) is 0 Å². The van der Waals surface area contributed by atoms with E-state index in [4.69, 9.17) is 16.4 Å². The van der Waals surface area contributed by atoms with Crippen LogP contribution in [0, 0.1) is 0 Å². The Balaban J connectivity index is 2.50. The van der Waals surface area contributed by atoms with E-state index in [1.807, 2.05) is 0 Å². The Hall–Kier alpha value is -0.970. The molecular formula is C10H13ClN2O2. The van der Waals surface area contributed by atoms with Gasteiger partial charge in [0.25, 0.3) is 0 Å². The number of carbonyl (C=O) groups is 1. The molecule has 5 heteroatoms. The van der Waals surface area contributed by atoms with Crippen molar-refractivity contribution in [3.05, 3.63) is 29.0 Å². The van der Waals surface area contributed by atoms with Crippen LogP contribution in [0.25, 0.3) is 0 Å². The highest BCUT2D eigenvalue weighted by molar-refractivity contribution is 6.29. The summed E-state index contributed by atoms with van der Waals surface area (Å²) in [4.78, 5) is 20.4. The summed E-state index contributed by atoms with van der Waals surface area (Å²) in [7, 11) is 3.34. The van der Waals surface area contributed by atoms with Crippen LogP contribution in [-0.2, 0) is 4.84 Å². The molecule has 0 aliphatic carbocycles. The Morgan fingerprint density at radius 3 is 2.87 bits per heavy atom. The molecule has 0 amide bonds. The molecule has 0 saturated carbocycles. The molecule has 0 aliphatic rings. The zero-order valence-electron chi connectivity index (χ0n) is 8.74. The van der Waals surface area contributed by atoms with Gasteiger partial charge in [0.05, 0.1) is 7.11 Å². The molecule has 1 rings (SSSR count). The maximum absolute atomic E-state index is 11.6. The van der Waals surface area contributed by atoms with Crippen molar-refractivity contribution in [1.82, 2.24) is 10.0 Å². The molecular weight excluding hydrogens is 216 g/mol. The van der Waals surface area contributed by atoms with Crippen LogP contribution in [0.2, 0.25) is 5.15 Å². The number of rotatable bonds is 5. The third kappa shape index (κ3) is 3.95. The van der Waals surface area contributed by atoms with Crippen molar-refractivity contribution >= 4 is 17.4 Å². The van der Waals surface area contributed by atoms with Gasteiger partial charge in [-0.3, -0.25) is 4.79 Å². The predicted octanol–water partition coefficient (Wildman–Crippen LogP) is 1.80. The van der Waals surface area contributed by atoms with Crippen molar-refractivity contribution in [2.45, 2.75) is 6.42 Å². The summed E-state index contributed by atoms with van der Waals surface area (Å²) in [6.07, 6.45) is 1.88. The lowest BCUT2D eigenvalue weighted by atomic mass is 10.1. The quantitative estimate of drug-likeness (QED) is 0.438. The summed E-state index contributed by atoms with van der Waals surface area (Å²) >= 11 is 5.62. The number of hydrogen-bond donors (Lipinski definition) is 0. The molecule has 1 heterocycles. The van der Waals surface area contributed by atoms with E-state index < -0.39 is 0 Å². The van der Waals surface area contributed by atoms with Gasteiger partial charge in [0.2, 0.25) is 0 Å². The summed E-state index contributed by atoms with van der Waals surface area (Å²) in [5, 5.41) is 1.99. The molecule has 0 saturated heterocycles. The molecule has 0 N–H and O–H groups in total. The summed E-state index contributed by atoms with van der Waals surface area (Å²) in [6.45, 7) is 0.554. The highest BCUT2D eigenvalue weighted by Gasteiger charge is 2.07. The first-order chi connectivity index (χ1) is 7.13. The van der Waals surface area contributed by atoms with Crippen LogP contribution in [0.5, 0.6) is 0 Å². The van der Waals surface area contributed by atoms with Crippen LogP contribution in [-0.4, -0.2) is 36.5 Å². The lowest BCUT2D eigenvalue weighted by Crippen LogP contribution is -2.20. The lowest BCUT2D eigenvalue weighted by molar-refractivity contribution is -0.107. The van der Waals surface area contributed by atoms with E-state index in [2.05, 4.69) is 4.98 Å². The maximum Gasteiger partial charge on any atom is 0.165 e. The zero-order valence-corrected chi connectivity index (χ0v) is 9.49. The second-order valence-corrected chi connectivity index (χ2v) is 3.46. The summed E-state index contributed by atoms with van der Waals surface area (Å²) in [6, 6.07) is 3.28. The minimum absolute atomic E-state index is 0.0306. The number of ketones is 1. The highest BCUT2D eigenvalue weighted by Crippen LogP contribution is 2.07. The Kier molecular flexibility index (Phi) is 4.68. The molecule has 0 unspecified atom stereocenters. The monoisotopic (exact) mass is 228 g/mol. The molecule has 1 aromatic heterocycles. The zero-order chi connectivity index (χ0) is 11.3. The molecule has 15 heavy (non-hydrogen) atoms. The fraction of sp³-hybridized carbons (Fsp3) is 0.400. The standard InChI is InChI=1S/C10H13ClN2O2/c1-13(15-2)6-5-9(14)8-3-4-10(11)12-7-8/h3-4,7H,5-6H2,1-2H3. The van der Waals surface area contributed by atoms with Gasteiger partial charge in [-0.25, -0.2) is 4.98 Å².